The van der Waals surface area contributed by atoms with Gasteiger partial charge >= 0.3 is 0 Å². The van der Waals surface area contributed by atoms with E-state index in [-0.39, 0.29) is 24.4 Å². The van der Waals surface area contributed by atoms with Gasteiger partial charge in [-0.1, -0.05) is 0 Å². The first-order chi connectivity index (χ1) is 7.05. The third kappa shape index (κ3) is 1.61. The Morgan fingerprint density at radius 2 is 2.20 bits per heavy atom. The van der Waals surface area contributed by atoms with Crippen LogP contribution in [-0.2, 0) is 14.3 Å². The highest BCUT2D eigenvalue weighted by molar-refractivity contribution is 5.98. The van der Waals surface area contributed by atoms with Crippen LogP contribution < -0.4 is 5.32 Å². The lowest BCUT2D eigenvalue weighted by molar-refractivity contribution is -0.151. The molecule has 2 amide bonds. The molecule has 84 valence electrons. The van der Waals surface area contributed by atoms with Crippen LogP contribution in [0.15, 0.2) is 0 Å². The fraction of sp³-hybridized carbons (Fsp3) is 0.800. The molecule has 0 unspecified atom stereocenters. The van der Waals surface area contributed by atoms with E-state index in [1.54, 1.807) is 4.90 Å². The maximum Gasteiger partial charge on any atom is 0.251 e. The number of nitrogens with zero attached hydrogens (tertiary/aromatic N) is 1. The molecular formula is C10H16N2O3. The summed E-state index contributed by atoms with van der Waals surface area (Å²) in [5.74, 6) is -0.0941. The number of piperazine rings is 1. The first-order valence-electron chi connectivity index (χ1n) is 5.25. The maximum absolute atomic E-state index is 12.2. The summed E-state index contributed by atoms with van der Waals surface area (Å²) in [6.07, 6.45) is 0.584. The van der Waals surface area contributed by atoms with Crippen LogP contribution in [0.3, 0.4) is 0 Å². The Balaban J connectivity index is 2.25. The smallest absolute Gasteiger partial charge is 0.251 e. The molecule has 0 aromatic rings. The van der Waals surface area contributed by atoms with Gasteiger partial charge in [-0.3, -0.25) is 9.59 Å². The van der Waals surface area contributed by atoms with Gasteiger partial charge in [0.1, 0.15) is 5.54 Å². The van der Waals surface area contributed by atoms with E-state index in [0.29, 0.717) is 19.6 Å². The molecule has 1 atom stereocenters. The summed E-state index contributed by atoms with van der Waals surface area (Å²) >= 11 is 0. The van der Waals surface area contributed by atoms with E-state index in [0.717, 1.165) is 0 Å². The zero-order valence-corrected chi connectivity index (χ0v) is 9.08. The molecule has 1 spiro atoms. The van der Waals surface area contributed by atoms with Gasteiger partial charge < -0.3 is 15.0 Å². The first kappa shape index (κ1) is 10.4. The van der Waals surface area contributed by atoms with Crippen LogP contribution in [0.1, 0.15) is 20.3 Å². The van der Waals surface area contributed by atoms with Gasteiger partial charge in [0.05, 0.1) is 13.2 Å². The molecule has 2 aliphatic rings. The molecule has 0 bridgehead atoms. The van der Waals surface area contributed by atoms with Crippen molar-refractivity contribution in [1.82, 2.24) is 10.2 Å². The molecule has 5 heteroatoms. The summed E-state index contributed by atoms with van der Waals surface area (Å²) < 4.78 is 5.22. The molecule has 0 aromatic carbocycles. The van der Waals surface area contributed by atoms with E-state index >= 15 is 0 Å². The zero-order valence-electron chi connectivity index (χ0n) is 9.08. The van der Waals surface area contributed by atoms with Crippen LogP contribution in [0, 0.1) is 0 Å². The van der Waals surface area contributed by atoms with Crippen LogP contribution in [0.2, 0.25) is 0 Å². The van der Waals surface area contributed by atoms with Crippen molar-refractivity contribution >= 4 is 11.8 Å². The van der Waals surface area contributed by atoms with E-state index in [1.165, 1.54) is 0 Å². The van der Waals surface area contributed by atoms with Crippen LogP contribution in [0.25, 0.3) is 0 Å². The van der Waals surface area contributed by atoms with Crippen molar-refractivity contribution in [3.8, 4) is 0 Å². The SMILES string of the molecule is CC(C)N1CC(=O)N[C@@]2(CCOC2)C1=O. The topological polar surface area (TPSA) is 58.6 Å². The lowest BCUT2D eigenvalue weighted by Gasteiger charge is -2.40. The molecule has 0 radical (unpaired) electrons. The minimum Gasteiger partial charge on any atom is -0.378 e. The largest absolute Gasteiger partial charge is 0.378 e. The third-order valence-corrected chi connectivity index (χ3v) is 3.01. The summed E-state index contributed by atoms with van der Waals surface area (Å²) in [6.45, 7) is 4.84. The number of ether oxygens (including phenoxy) is 1. The molecule has 2 aliphatic heterocycles. The fourth-order valence-electron chi connectivity index (χ4n) is 2.11. The Morgan fingerprint density at radius 1 is 1.47 bits per heavy atom. The number of hydrogen-bond acceptors (Lipinski definition) is 3. The Morgan fingerprint density at radius 3 is 2.73 bits per heavy atom. The van der Waals surface area contributed by atoms with Crippen molar-refractivity contribution in [3.05, 3.63) is 0 Å². The van der Waals surface area contributed by atoms with Gasteiger partial charge in [0.2, 0.25) is 5.91 Å². The number of hydrogen-bond donors (Lipinski definition) is 1. The van der Waals surface area contributed by atoms with Crippen LogP contribution in [-0.4, -0.2) is 48.1 Å². The second-order valence-corrected chi connectivity index (χ2v) is 4.46. The van der Waals surface area contributed by atoms with E-state index in [2.05, 4.69) is 5.32 Å². The molecular weight excluding hydrogens is 196 g/mol. The minimum absolute atomic E-state index is 0.00500. The quantitative estimate of drug-likeness (QED) is 0.638. The number of nitrogens with one attached hydrogen (secondary N) is 1. The lowest BCUT2D eigenvalue weighted by Crippen LogP contribution is -2.68. The standard InChI is InChI=1S/C10H16N2O3/c1-7(2)12-5-8(13)11-10(9(12)14)3-4-15-6-10/h7H,3-6H2,1-2H3,(H,11,13)/t10-/m1/s1. The normalized spacial score (nSPS) is 31.5. The predicted octanol–water partition coefficient (Wildman–Crippen LogP) is -0.488. The van der Waals surface area contributed by atoms with Gasteiger partial charge in [-0.15, -0.1) is 0 Å². The van der Waals surface area contributed by atoms with Gasteiger partial charge in [-0.25, -0.2) is 0 Å². The minimum atomic E-state index is -0.778. The summed E-state index contributed by atoms with van der Waals surface area (Å²) in [7, 11) is 0. The molecule has 5 nitrogen and oxygen atoms in total. The fourth-order valence-corrected chi connectivity index (χ4v) is 2.11. The number of carbonyl (C=O) groups excluding carboxylic acids is 2. The van der Waals surface area contributed by atoms with Crippen molar-refractivity contribution in [2.75, 3.05) is 19.8 Å². The van der Waals surface area contributed by atoms with Gasteiger partial charge in [-0.2, -0.15) is 0 Å². The van der Waals surface area contributed by atoms with E-state index in [4.69, 9.17) is 4.74 Å². The monoisotopic (exact) mass is 212 g/mol. The summed E-state index contributed by atoms with van der Waals surface area (Å²) in [5.41, 5.74) is -0.778. The Labute approximate surface area is 88.8 Å². The third-order valence-electron chi connectivity index (χ3n) is 3.01. The van der Waals surface area contributed by atoms with E-state index in [1.807, 2.05) is 13.8 Å². The van der Waals surface area contributed by atoms with Crippen molar-refractivity contribution in [3.63, 3.8) is 0 Å². The molecule has 0 saturated carbocycles. The van der Waals surface area contributed by atoms with Gasteiger partial charge in [-0.05, 0) is 13.8 Å². The van der Waals surface area contributed by atoms with E-state index < -0.39 is 5.54 Å². The Kier molecular flexibility index (Phi) is 2.42. The maximum atomic E-state index is 12.2. The Hall–Kier alpha value is -1.10. The molecule has 2 fully saturated rings. The second-order valence-electron chi connectivity index (χ2n) is 4.46. The molecule has 2 rings (SSSR count). The highest BCUT2D eigenvalue weighted by Gasteiger charge is 2.49. The van der Waals surface area contributed by atoms with Crippen LogP contribution >= 0.6 is 0 Å². The lowest BCUT2D eigenvalue weighted by atomic mass is 9.93. The van der Waals surface area contributed by atoms with Crippen LogP contribution in [0.4, 0.5) is 0 Å². The molecule has 15 heavy (non-hydrogen) atoms. The highest BCUT2D eigenvalue weighted by Crippen LogP contribution is 2.25. The first-order valence-corrected chi connectivity index (χ1v) is 5.25. The molecule has 0 aromatic heterocycles. The van der Waals surface area contributed by atoms with Crippen molar-refractivity contribution in [2.24, 2.45) is 0 Å². The molecule has 0 aliphatic carbocycles. The van der Waals surface area contributed by atoms with Crippen molar-refractivity contribution in [1.29, 1.82) is 0 Å². The van der Waals surface area contributed by atoms with Crippen molar-refractivity contribution < 1.29 is 14.3 Å². The summed E-state index contributed by atoms with van der Waals surface area (Å²) in [4.78, 5) is 25.3. The van der Waals surface area contributed by atoms with Gasteiger partial charge in [0.15, 0.2) is 0 Å². The number of rotatable bonds is 1. The Bertz CT molecular complexity index is 295. The molecule has 1 N–H and O–H groups in total. The second kappa shape index (κ2) is 3.48. The summed E-state index contributed by atoms with van der Waals surface area (Å²) in [5, 5.41) is 2.77. The number of amides is 2. The van der Waals surface area contributed by atoms with Crippen molar-refractivity contribution in [2.45, 2.75) is 31.8 Å². The zero-order chi connectivity index (χ0) is 11.1. The van der Waals surface area contributed by atoms with Gasteiger partial charge in [0.25, 0.3) is 5.91 Å². The predicted molar refractivity (Wildman–Crippen MR) is 53.2 cm³/mol. The van der Waals surface area contributed by atoms with Crippen LogP contribution in [0.5, 0.6) is 0 Å². The van der Waals surface area contributed by atoms with E-state index in [9.17, 15) is 9.59 Å². The highest BCUT2D eigenvalue weighted by atomic mass is 16.5. The number of carbonyl (C=O) groups is 2. The molecule has 2 heterocycles. The summed E-state index contributed by atoms with van der Waals surface area (Å²) in [6, 6.07) is 0.0565. The van der Waals surface area contributed by atoms with Gasteiger partial charge in [0, 0.05) is 19.1 Å². The average Bonchev–Trinajstić information content (AvgIpc) is 2.60. The average molecular weight is 212 g/mol. The molecule has 2 saturated heterocycles.